The molecule has 0 saturated heterocycles. The summed E-state index contributed by atoms with van der Waals surface area (Å²) in [5, 5.41) is 0.902. The van der Waals surface area contributed by atoms with Gasteiger partial charge in [0, 0.05) is 29.7 Å². The van der Waals surface area contributed by atoms with E-state index in [1.54, 1.807) is 0 Å². The molecule has 6 nitrogen and oxygen atoms in total. The number of hydrogen-bond donors (Lipinski definition) is 0. The van der Waals surface area contributed by atoms with Crippen LogP contribution in [0.25, 0.3) is 16.6 Å². The van der Waals surface area contributed by atoms with Crippen molar-refractivity contribution in [2.24, 2.45) is 0 Å². The SMILES string of the molecule is CCOC(=O)c1c(CN(C)C)n(-c2ccccc2)c2cc(Br)c3c(c12)CN(C)CO3. The van der Waals surface area contributed by atoms with Crippen molar-refractivity contribution in [1.29, 1.82) is 0 Å². The second-order valence-corrected chi connectivity index (χ2v) is 8.65. The lowest BCUT2D eigenvalue weighted by molar-refractivity contribution is 0.0526. The summed E-state index contributed by atoms with van der Waals surface area (Å²) in [5.74, 6) is 0.500. The van der Waals surface area contributed by atoms with Gasteiger partial charge in [0.05, 0.1) is 27.9 Å². The Bertz CT molecular complexity index is 1090. The third-order valence-corrected chi connectivity index (χ3v) is 5.77. The van der Waals surface area contributed by atoms with Gasteiger partial charge in [-0.1, -0.05) is 18.2 Å². The number of benzene rings is 2. The van der Waals surface area contributed by atoms with Crippen molar-refractivity contribution < 1.29 is 14.3 Å². The Morgan fingerprint density at radius 2 is 2.00 bits per heavy atom. The first-order valence-electron chi connectivity index (χ1n) is 9.99. The highest BCUT2D eigenvalue weighted by Gasteiger charge is 2.31. The van der Waals surface area contributed by atoms with Gasteiger partial charge in [-0.3, -0.25) is 4.90 Å². The molecule has 0 radical (unpaired) electrons. The minimum atomic E-state index is -0.299. The molecule has 4 rings (SSSR count). The first kappa shape index (κ1) is 20.9. The summed E-state index contributed by atoms with van der Waals surface area (Å²) in [5.41, 5.74) is 4.50. The molecule has 0 unspecified atom stereocenters. The summed E-state index contributed by atoms with van der Waals surface area (Å²) in [4.78, 5) is 17.4. The van der Waals surface area contributed by atoms with Crippen molar-refractivity contribution in [3.8, 4) is 11.4 Å². The monoisotopic (exact) mass is 471 g/mol. The zero-order valence-electron chi connectivity index (χ0n) is 17.7. The second kappa shape index (κ2) is 8.41. The van der Waals surface area contributed by atoms with Gasteiger partial charge in [0.2, 0.25) is 0 Å². The molecule has 1 aromatic heterocycles. The van der Waals surface area contributed by atoms with Crippen molar-refractivity contribution in [2.45, 2.75) is 20.0 Å². The Hall–Kier alpha value is -2.35. The van der Waals surface area contributed by atoms with E-state index in [9.17, 15) is 4.79 Å². The molecule has 7 heteroatoms. The predicted octanol–water partition coefficient (Wildman–Crippen LogP) is 4.41. The molecule has 0 saturated carbocycles. The summed E-state index contributed by atoms with van der Waals surface area (Å²) >= 11 is 3.70. The standard InChI is InChI=1S/C23H26BrN3O3/c1-5-29-23(28)21-19(13-25(2)3)27(15-9-7-6-8-10-15)18-11-17(24)22-16(20(18)21)12-26(4)14-30-22/h6-11H,5,12-14H2,1-4H3. The number of carbonyl (C=O) groups is 1. The van der Waals surface area contributed by atoms with Crippen molar-refractivity contribution in [3.05, 3.63) is 57.7 Å². The number of esters is 1. The third-order valence-electron chi connectivity index (χ3n) is 5.18. The zero-order chi connectivity index (χ0) is 21.4. The van der Waals surface area contributed by atoms with Crippen LogP contribution in [0, 0.1) is 0 Å². The molecule has 1 aliphatic heterocycles. The van der Waals surface area contributed by atoms with Gasteiger partial charge in [-0.15, -0.1) is 0 Å². The normalized spacial score (nSPS) is 14.1. The van der Waals surface area contributed by atoms with E-state index < -0.39 is 0 Å². The van der Waals surface area contributed by atoms with Crippen LogP contribution in [-0.2, 0) is 17.8 Å². The zero-order valence-corrected chi connectivity index (χ0v) is 19.3. The topological polar surface area (TPSA) is 46.9 Å². The van der Waals surface area contributed by atoms with E-state index in [1.807, 2.05) is 52.3 Å². The van der Waals surface area contributed by atoms with Gasteiger partial charge < -0.3 is 18.9 Å². The van der Waals surface area contributed by atoms with Gasteiger partial charge in [0.1, 0.15) is 12.5 Å². The molecule has 0 aliphatic carbocycles. The number of fused-ring (bicyclic) bond motifs is 3. The third kappa shape index (κ3) is 3.62. The Labute approximate surface area is 185 Å². The number of rotatable bonds is 5. The quantitative estimate of drug-likeness (QED) is 0.515. The van der Waals surface area contributed by atoms with Crippen molar-refractivity contribution in [2.75, 3.05) is 34.5 Å². The van der Waals surface area contributed by atoms with Crippen LogP contribution in [0.5, 0.6) is 5.75 Å². The average molecular weight is 472 g/mol. The van der Waals surface area contributed by atoms with E-state index in [1.165, 1.54) is 0 Å². The molecule has 3 aromatic rings. The Kier molecular flexibility index (Phi) is 5.86. The average Bonchev–Trinajstić information content (AvgIpc) is 3.02. The molecule has 1 aliphatic rings. The molecule has 0 bridgehead atoms. The van der Waals surface area contributed by atoms with Crippen LogP contribution in [0.15, 0.2) is 40.9 Å². The first-order valence-corrected chi connectivity index (χ1v) is 10.8. The van der Waals surface area contributed by atoms with Crippen molar-refractivity contribution in [3.63, 3.8) is 0 Å². The number of para-hydroxylation sites is 1. The molecule has 2 aromatic carbocycles. The number of aromatic nitrogens is 1. The molecule has 0 spiro atoms. The molecule has 0 amide bonds. The second-order valence-electron chi connectivity index (χ2n) is 7.80. The van der Waals surface area contributed by atoms with E-state index >= 15 is 0 Å². The smallest absolute Gasteiger partial charge is 0.340 e. The highest BCUT2D eigenvalue weighted by Crippen LogP contribution is 2.43. The van der Waals surface area contributed by atoms with E-state index in [4.69, 9.17) is 9.47 Å². The van der Waals surface area contributed by atoms with Crippen LogP contribution in [0.1, 0.15) is 28.5 Å². The Balaban J connectivity index is 2.15. The van der Waals surface area contributed by atoms with Crippen molar-refractivity contribution >= 4 is 32.8 Å². The van der Waals surface area contributed by atoms with Crippen LogP contribution < -0.4 is 4.74 Å². The lowest BCUT2D eigenvalue weighted by Crippen LogP contribution is -2.28. The maximum absolute atomic E-state index is 13.2. The number of halogens is 1. The molecule has 0 atom stereocenters. The molecule has 0 fully saturated rings. The van der Waals surface area contributed by atoms with Gasteiger partial charge >= 0.3 is 5.97 Å². The highest BCUT2D eigenvalue weighted by molar-refractivity contribution is 9.10. The van der Waals surface area contributed by atoms with Gasteiger partial charge in [-0.05, 0) is 62.2 Å². The maximum Gasteiger partial charge on any atom is 0.340 e. The predicted molar refractivity (Wildman–Crippen MR) is 121 cm³/mol. The largest absolute Gasteiger partial charge is 0.477 e. The van der Waals surface area contributed by atoms with Gasteiger partial charge in [-0.2, -0.15) is 0 Å². The maximum atomic E-state index is 13.2. The minimum Gasteiger partial charge on any atom is -0.477 e. The Morgan fingerprint density at radius 1 is 1.27 bits per heavy atom. The lowest BCUT2D eigenvalue weighted by atomic mass is 10.0. The summed E-state index contributed by atoms with van der Waals surface area (Å²) in [6.07, 6.45) is 0. The van der Waals surface area contributed by atoms with Crippen molar-refractivity contribution in [1.82, 2.24) is 14.4 Å². The number of hydrogen-bond acceptors (Lipinski definition) is 5. The van der Waals surface area contributed by atoms with E-state index in [2.05, 4.69) is 42.4 Å². The molecular weight excluding hydrogens is 446 g/mol. The van der Waals surface area contributed by atoms with Crippen LogP contribution in [0.3, 0.4) is 0 Å². The molecule has 2 heterocycles. The van der Waals surface area contributed by atoms with Crippen LogP contribution in [-0.4, -0.2) is 54.8 Å². The number of carbonyl (C=O) groups excluding carboxylic acids is 1. The summed E-state index contributed by atoms with van der Waals surface area (Å²) < 4.78 is 14.6. The molecule has 0 N–H and O–H groups in total. The van der Waals surface area contributed by atoms with Crippen LogP contribution in [0.4, 0.5) is 0 Å². The lowest BCUT2D eigenvalue weighted by Gasteiger charge is -2.27. The molecule has 30 heavy (non-hydrogen) atoms. The summed E-state index contributed by atoms with van der Waals surface area (Å²) in [7, 11) is 6.02. The summed E-state index contributed by atoms with van der Waals surface area (Å²) in [6, 6.07) is 12.2. The van der Waals surface area contributed by atoms with Gasteiger partial charge in [0.25, 0.3) is 0 Å². The highest BCUT2D eigenvalue weighted by atomic mass is 79.9. The Morgan fingerprint density at radius 3 is 2.67 bits per heavy atom. The van der Waals surface area contributed by atoms with E-state index in [0.29, 0.717) is 32.0 Å². The van der Waals surface area contributed by atoms with E-state index in [-0.39, 0.29) is 5.97 Å². The summed E-state index contributed by atoms with van der Waals surface area (Å²) in [6.45, 7) is 3.96. The number of ether oxygens (including phenoxy) is 2. The minimum absolute atomic E-state index is 0.299. The van der Waals surface area contributed by atoms with Crippen LogP contribution >= 0.6 is 15.9 Å². The van der Waals surface area contributed by atoms with Gasteiger partial charge in [-0.25, -0.2) is 4.79 Å². The van der Waals surface area contributed by atoms with E-state index in [0.717, 1.165) is 38.1 Å². The fourth-order valence-electron chi connectivity index (χ4n) is 4.07. The number of nitrogens with zero attached hydrogens (tertiary/aromatic N) is 3. The van der Waals surface area contributed by atoms with Gasteiger partial charge in [0.15, 0.2) is 0 Å². The van der Waals surface area contributed by atoms with Crippen LogP contribution in [0.2, 0.25) is 0 Å². The fraction of sp³-hybridized carbons (Fsp3) is 0.348. The first-order chi connectivity index (χ1) is 14.4. The molecule has 158 valence electrons. The molecular formula is C23H26BrN3O3. The fourth-order valence-corrected chi connectivity index (χ4v) is 4.64.